The first-order valence-corrected chi connectivity index (χ1v) is 6.36. The van der Waals surface area contributed by atoms with Gasteiger partial charge in [-0.2, -0.15) is 0 Å². The second-order valence-corrected chi connectivity index (χ2v) is 5.23. The second kappa shape index (κ2) is 3.72. The maximum Gasteiger partial charge on any atom is 0.183 e. The molecule has 1 atom stereocenters. The zero-order valence-corrected chi connectivity index (χ0v) is 10.7. The Bertz CT molecular complexity index is 524. The molecule has 0 unspecified atom stereocenters. The fraction of sp³-hybridized carbons (Fsp3) is 0.444. The minimum Gasteiger partial charge on any atom is -0.343 e. The van der Waals surface area contributed by atoms with E-state index in [0.29, 0.717) is 9.70 Å². The van der Waals surface area contributed by atoms with Gasteiger partial charge in [-0.1, -0.05) is 22.6 Å². The van der Waals surface area contributed by atoms with Crippen molar-refractivity contribution in [2.24, 2.45) is 0 Å². The molecule has 84 valence electrons. The highest BCUT2D eigenvalue weighted by atomic mass is 127. The fourth-order valence-electron chi connectivity index (χ4n) is 2.01. The minimum absolute atomic E-state index is 0.485. The third-order valence-corrected chi connectivity index (χ3v) is 4.09. The Kier molecular flexibility index (Phi) is 2.34. The van der Waals surface area contributed by atoms with Crippen LogP contribution < -0.4 is 10.7 Å². The maximum atomic E-state index is 5.72. The molecule has 0 bridgehead atoms. The number of nitrogens with zero attached hydrogens (tertiary/aromatic N) is 5. The van der Waals surface area contributed by atoms with Crippen molar-refractivity contribution < 1.29 is 0 Å². The number of hydrogen-bond acceptors (Lipinski definition) is 5. The Morgan fingerprint density at radius 3 is 3.00 bits per heavy atom. The summed E-state index contributed by atoms with van der Waals surface area (Å²) >= 11 is 2.44. The van der Waals surface area contributed by atoms with Gasteiger partial charge in [0, 0.05) is 6.54 Å². The lowest BCUT2D eigenvalue weighted by molar-refractivity contribution is 0.909. The van der Waals surface area contributed by atoms with Crippen molar-refractivity contribution in [2.45, 2.75) is 16.9 Å². The van der Waals surface area contributed by atoms with E-state index in [1.165, 1.54) is 17.5 Å². The minimum atomic E-state index is 0.485. The highest BCUT2D eigenvalue weighted by Gasteiger charge is 2.25. The summed E-state index contributed by atoms with van der Waals surface area (Å²) in [6.45, 7) is 1.02. The van der Waals surface area contributed by atoms with Crippen molar-refractivity contribution in [1.29, 1.82) is 0 Å². The van der Waals surface area contributed by atoms with Crippen LogP contribution in [0.15, 0.2) is 12.7 Å². The lowest BCUT2D eigenvalue weighted by atomic mass is 10.4. The second-order valence-electron chi connectivity index (χ2n) is 3.79. The van der Waals surface area contributed by atoms with Crippen LogP contribution >= 0.6 is 22.6 Å². The van der Waals surface area contributed by atoms with Crippen molar-refractivity contribution in [3.8, 4) is 0 Å². The van der Waals surface area contributed by atoms with Crippen molar-refractivity contribution in [2.75, 3.05) is 17.3 Å². The third-order valence-electron chi connectivity index (χ3n) is 2.79. The predicted octanol–water partition coefficient (Wildman–Crippen LogP) is 0.901. The van der Waals surface area contributed by atoms with Crippen LogP contribution in [0.3, 0.4) is 0 Å². The molecule has 0 radical (unpaired) electrons. The molecule has 2 aromatic rings. The molecule has 2 N–H and O–H groups in total. The predicted molar refractivity (Wildman–Crippen MR) is 69.9 cm³/mol. The molecular formula is C9H11IN6. The molecule has 3 rings (SSSR count). The number of rotatable bonds is 1. The first-order valence-electron chi connectivity index (χ1n) is 5.11. The summed E-state index contributed by atoms with van der Waals surface area (Å²) in [6.07, 6.45) is 5.50. The van der Waals surface area contributed by atoms with Gasteiger partial charge < -0.3 is 10.7 Å². The largest absolute Gasteiger partial charge is 0.343 e. The molecule has 0 amide bonds. The molecule has 1 saturated heterocycles. The summed E-state index contributed by atoms with van der Waals surface area (Å²) in [6, 6.07) is 0. The number of alkyl halides is 1. The molecule has 1 aliphatic rings. The number of aromatic nitrogens is 4. The number of imidazole rings is 1. The van der Waals surface area contributed by atoms with E-state index >= 15 is 0 Å². The van der Waals surface area contributed by atoms with E-state index in [0.717, 1.165) is 17.9 Å². The number of anilines is 1. The van der Waals surface area contributed by atoms with Gasteiger partial charge in [0.1, 0.15) is 12.7 Å². The van der Waals surface area contributed by atoms with Gasteiger partial charge in [0.25, 0.3) is 0 Å². The van der Waals surface area contributed by atoms with E-state index < -0.39 is 0 Å². The Balaban J connectivity index is 2.16. The Hall–Kier alpha value is -1.12. The standard InChI is InChI=1S/C9H11IN6/c10-6-2-1-3-15(6)8-7-9(13-4-12-8)16(11)5-14-7/h4-6H,1-3,11H2/t6-/m1/s1. The Morgan fingerprint density at radius 2 is 2.25 bits per heavy atom. The zero-order chi connectivity index (χ0) is 11.1. The van der Waals surface area contributed by atoms with E-state index in [9.17, 15) is 0 Å². The number of nitrogen functional groups attached to an aromatic ring is 1. The van der Waals surface area contributed by atoms with Crippen LogP contribution in [0.25, 0.3) is 11.2 Å². The van der Waals surface area contributed by atoms with Crippen LogP contribution in [-0.4, -0.2) is 30.2 Å². The van der Waals surface area contributed by atoms with Crippen molar-refractivity contribution in [3.05, 3.63) is 12.7 Å². The molecule has 6 nitrogen and oxygen atoms in total. The lowest BCUT2D eigenvalue weighted by Crippen LogP contribution is -2.25. The van der Waals surface area contributed by atoms with E-state index in [2.05, 4.69) is 42.4 Å². The van der Waals surface area contributed by atoms with Gasteiger partial charge in [0.2, 0.25) is 0 Å². The van der Waals surface area contributed by atoms with E-state index in [1.54, 1.807) is 12.7 Å². The molecular weight excluding hydrogens is 319 g/mol. The van der Waals surface area contributed by atoms with Crippen molar-refractivity contribution >= 4 is 39.6 Å². The van der Waals surface area contributed by atoms with Gasteiger partial charge >= 0.3 is 0 Å². The number of hydrogen-bond donors (Lipinski definition) is 1. The summed E-state index contributed by atoms with van der Waals surface area (Å²) in [5.74, 6) is 6.62. The average Bonchev–Trinajstić information content (AvgIpc) is 2.86. The summed E-state index contributed by atoms with van der Waals surface area (Å²) in [5.41, 5.74) is 1.47. The normalized spacial score (nSPS) is 20.8. The molecule has 1 aliphatic heterocycles. The molecule has 0 aliphatic carbocycles. The van der Waals surface area contributed by atoms with Gasteiger partial charge in [0.05, 0.1) is 4.05 Å². The van der Waals surface area contributed by atoms with E-state index in [4.69, 9.17) is 5.84 Å². The quantitative estimate of drug-likeness (QED) is 0.364. The highest BCUT2D eigenvalue weighted by Crippen LogP contribution is 2.30. The molecule has 0 spiro atoms. The molecule has 2 aromatic heterocycles. The monoisotopic (exact) mass is 330 g/mol. The smallest absolute Gasteiger partial charge is 0.183 e. The molecule has 7 heteroatoms. The summed E-state index contributed by atoms with van der Waals surface area (Å²) in [5, 5.41) is 0. The summed E-state index contributed by atoms with van der Waals surface area (Å²) in [4.78, 5) is 15.0. The molecule has 1 fully saturated rings. The average molecular weight is 330 g/mol. The lowest BCUT2D eigenvalue weighted by Gasteiger charge is -2.20. The summed E-state index contributed by atoms with van der Waals surface area (Å²) < 4.78 is 1.91. The first kappa shape index (κ1) is 10.1. The van der Waals surface area contributed by atoms with Crippen molar-refractivity contribution in [1.82, 2.24) is 19.6 Å². The number of halogens is 1. The Labute approximate surface area is 106 Å². The van der Waals surface area contributed by atoms with Crippen LogP contribution in [0.2, 0.25) is 0 Å². The topological polar surface area (TPSA) is 72.9 Å². The van der Waals surface area contributed by atoms with Crippen LogP contribution in [-0.2, 0) is 0 Å². The Morgan fingerprint density at radius 1 is 1.38 bits per heavy atom. The molecule has 16 heavy (non-hydrogen) atoms. The van der Waals surface area contributed by atoms with E-state index in [1.807, 2.05) is 0 Å². The van der Waals surface area contributed by atoms with Gasteiger partial charge in [-0.3, -0.25) is 0 Å². The van der Waals surface area contributed by atoms with Crippen molar-refractivity contribution in [3.63, 3.8) is 0 Å². The maximum absolute atomic E-state index is 5.72. The van der Waals surface area contributed by atoms with Gasteiger partial charge in [-0.05, 0) is 12.8 Å². The SMILES string of the molecule is Nn1cnc2c(N3CCC[C@@H]3I)ncnc21. The van der Waals surface area contributed by atoms with Crippen LogP contribution in [0.5, 0.6) is 0 Å². The summed E-state index contributed by atoms with van der Waals surface area (Å²) in [7, 11) is 0. The van der Waals surface area contributed by atoms with Gasteiger partial charge in [0.15, 0.2) is 17.0 Å². The van der Waals surface area contributed by atoms with E-state index in [-0.39, 0.29) is 0 Å². The fourth-order valence-corrected chi connectivity index (χ4v) is 3.00. The highest BCUT2D eigenvalue weighted by molar-refractivity contribution is 14.1. The third kappa shape index (κ3) is 1.41. The molecule has 0 aromatic carbocycles. The van der Waals surface area contributed by atoms with Gasteiger partial charge in [-0.25, -0.2) is 19.6 Å². The number of fused-ring (bicyclic) bond motifs is 1. The van der Waals surface area contributed by atoms with Crippen LogP contribution in [0.1, 0.15) is 12.8 Å². The molecule has 3 heterocycles. The van der Waals surface area contributed by atoms with Gasteiger partial charge in [-0.15, -0.1) is 0 Å². The molecule has 0 saturated carbocycles. The van der Waals surface area contributed by atoms with Crippen LogP contribution in [0, 0.1) is 0 Å². The number of nitrogens with two attached hydrogens (primary N) is 1. The zero-order valence-electron chi connectivity index (χ0n) is 8.54. The first-order chi connectivity index (χ1) is 7.77. The van der Waals surface area contributed by atoms with Crippen LogP contribution in [0.4, 0.5) is 5.82 Å².